The van der Waals surface area contributed by atoms with Gasteiger partial charge in [-0.15, -0.1) is 0 Å². The molecule has 1 fully saturated rings. The molecule has 1 aromatic carbocycles. The topological polar surface area (TPSA) is 99.4 Å². The lowest BCUT2D eigenvalue weighted by Crippen LogP contribution is -2.22. The maximum atomic E-state index is 12.2. The molecule has 0 unspecified atom stereocenters. The molecule has 0 radical (unpaired) electrons. The van der Waals surface area contributed by atoms with E-state index in [9.17, 15) is 9.59 Å². The third-order valence-corrected chi connectivity index (χ3v) is 3.74. The quantitative estimate of drug-likeness (QED) is 0.882. The van der Waals surface area contributed by atoms with E-state index in [1.54, 1.807) is 18.2 Å². The number of carboxylic acid groups (broad SMARTS) is 1. The second-order valence-corrected chi connectivity index (χ2v) is 5.06. The molecule has 0 spiro atoms. The highest BCUT2D eigenvalue weighted by Crippen LogP contribution is 2.33. The van der Waals surface area contributed by atoms with Crippen molar-refractivity contribution in [2.24, 2.45) is 11.8 Å². The lowest BCUT2D eigenvalue weighted by Gasteiger charge is -2.13. The Labute approximate surface area is 122 Å². The molecule has 6 nitrogen and oxygen atoms in total. The summed E-state index contributed by atoms with van der Waals surface area (Å²) in [5, 5.41) is 20.5. The van der Waals surface area contributed by atoms with E-state index in [0.717, 1.165) is 0 Å². The molecule has 0 saturated heterocycles. The molecule has 1 aromatic rings. The number of rotatable bonds is 4. The van der Waals surface area contributed by atoms with Gasteiger partial charge in [-0.1, -0.05) is 0 Å². The number of nitriles is 1. The molecule has 0 heterocycles. The fraction of sp³-hybridized carbons (Fsp3) is 0.400. The standard InChI is InChI=1S/C15H16N2O4/c1-21-13-6-9(8-16)2-5-12(13)17-14(18)10-3-4-11(7-10)15(19)20/h2,5-6,10-11H,3-4,7H2,1H3,(H,17,18)(H,19,20)/t10-,11+/m1/s1. The average molecular weight is 288 g/mol. The molecule has 2 atom stereocenters. The minimum Gasteiger partial charge on any atom is -0.495 e. The van der Waals surface area contributed by atoms with Crippen LogP contribution < -0.4 is 10.1 Å². The Hall–Kier alpha value is -2.55. The largest absolute Gasteiger partial charge is 0.495 e. The summed E-state index contributed by atoms with van der Waals surface area (Å²) in [5.74, 6) is -1.38. The van der Waals surface area contributed by atoms with Gasteiger partial charge in [0, 0.05) is 12.0 Å². The molecule has 21 heavy (non-hydrogen) atoms. The third-order valence-electron chi connectivity index (χ3n) is 3.74. The van der Waals surface area contributed by atoms with Crippen LogP contribution in [0.1, 0.15) is 24.8 Å². The van der Waals surface area contributed by atoms with Gasteiger partial charge in [-0.25, -0.2) is 0 Å². The number of carbonyl (C=O) groups is 2. The molecule has 0 bridgehead atoms. The summed E-state index contributed by atoms with van der Waals surface area (Å²) in [4.78, 5) is 23.1. The highest BCUT2D eigenvalue weighted by molar-refractivity contribution is 5.94. The average Bonchev–Trinajstić information content (AvgIpc) is 2.97. The second kappa shape index (κ2) is 6.27. The maximum Gasteiger partial charge on any atom is 0.306 e. The van der Waals surface area contributed by atoms with E-state index in [0.29, 0.717) is 36.3 Å². The lowest BCUT2D eigenvalue weighted by atomic mass is 10.0. The molecule has 110 valence electrons. The van der Waals surface area contributed by atoms with Crippen LogP contribution in [-0.2, 0) is 9.59 Å². The zero-order valence-electron chi connectivity index (χ0n) is 11.6. The molecule has 6 heteroatoms. The molecule has 0 aliphatic heterocycles. The number of benzene rings is 1. The van der Waals surface area contributed by atoms with Crippen LogP contribution in [0.5, 0.6) is 5.75 Å². The Bertz CT molecular complexity index is 606. The van der Waals surface area contributed by atoms with Gasteiger partial charge in [0.15, 0.2) is 0 Å². The van der Waals surface area contributed by atoms with Crippen molar-refractivity contribution in [2.45, 2.75) is 19.3 Å². The predicted octanol–water partition coefficient (Wildman–Crippen LogP) is 2.01. The fourth-order valence-corrected chi connectivity index (χ4v) is 2.54. The summed E-state index contributed by atoms with van der Waals surface area (Å²) in [6.07, 6.45) is 1.46. The van der Waals surface area contributed by atoms with E-state index in [1.807, 2.05) is 6.07 Å². The van der Waals surface area contributed by atoms with Gasteiger partial charge in [0.25, 0.3) is 0 Å². The number of carboxylic acids is 1. The number of nitrogens with zero attached hydrogens (tertiary/aromatic N) is 1. The smallest absolute Gasteiger partial charge is 0.306 e. The molecular formula is C15H16N2O4. The van der Waals surface area contributed by atoms with Gasteiger partial charge < -0.3 is 15.2 Å². The number of hydrogen-bond acceptors (Lipinski definition) is 4. The molecule has 1 saturated carbocycles. The van der Waals surface area contributed by atoms with Crippen molar-refractivity contribution >= 4 is 17.6 Å². The summed E-state index contributed by atoms with van der Waals surface area (Å²) in [7, 11) is 1.46. The van der Waals surface area contributed by atoms with Crippen LogP contribution in [-0.4, -0.2) is 24.1 Å². The summed E-state index contributed by atoms with van der Waals surface area (Å²) in [5.41, 5.74) is 0.928. The monoisotopic (exact) mass is 288 g/mol. The minimum atomic E-state index is -0.846. The Kier molecular flexibility index (Phi) is 4.43. The molecule has 0 aromatic heterocycles. The van der Waals surface area contributed by atoms with Crippen molar-refractivity contribution in [2.75, 3.05) is 12.4 Å². The van der Waals surface area contributed by atoms with Gasteiger partial charge in [0.05, 0.1) is 30.3 Å². The number of ether oxygens (including phenoxy) is 1. The van der Waals surface area contributed by atoms with Gasteiger partial charge in [-0.05, 0) is 31.4 Å². The number of aliphatic carboxylic acids is 1. The van der Waals surface area contributed by atoms with Crippen LogP contribution >= 0.6 is 0 Å². The first-order chi connectivity index (χ1) is 10.0. The summed E-state index contributed by atoms with van der Waals surface area (Å²) >= 11 is 0. The molecule has 1 amide bonds. The number of amides is 1. The van der Waals surface area contributed by atoms with E-state index < -0.39 is 11.9 Å². The fourth-order valence-electron chi connectivity index (χ4n) is 2.54. The highest BCUT2D eigenvalue weighted by atomic mass is 16.5. The van der Waals surface area contributed by atoms with E-state index in [-0.39, 0.29) is 11.8 Å². The Balaban J connectivity index is 2.07. The van der Waals surface area contributed by atoms with Gasteiger partial charge >= 0.3 is 5.97 Å². The number of hydrogen-bond donors (Lipinski definition) is 2. The van der Waals surface area contributed by atoms with Gasteiger partial charge in [-0.2, -0.15) is 5.26 Å². The number of carbonyl (C=O) groups excluding carboxylic acids is 1. The van der Waals surface area contributed by atoms with Crippen molar-refractivity contribution in [1.29, 1.82) is 5.26 Å². The van der Waals surface area contributed by atoms with Gasteiger partial charge in [0.1, 0.15) is 5.75 Å². The van der Waals surface area contributed by atoms with Crippen LogP contribution in [0.25, 0.3) is 0 Å². The van der Waals surface area contributed by atoms with E-state index >= 15 is 0 Å². The maximum absolute atomic E-state index is 12.2. The van der Waals surface area contributed by atoms with Crippen molar-refractivity contribution in [3.63, 3.8) is 0 Å². The van der Waals surface area contributed by atoms with Crippen molar-refractivity contribution < 1.29 is 19.4 Å². The SMILES string of the molecule is COc1cc(C#N)ccc1NC(=O)[C@@H]1CC[C@H](C(=O)O)C1. The van der Waals surface area contributed by atoms with Crippen LogP contribution in [0.15, 0.2) is 18.2 Å². The minimum absolute atomic E-state index is 0.207. The van der Waals surface area contributed by atoms with Crippen molar-refractivity contribution in [3.8, 4) is 11.8 Å². The molecular weight excluding hydrogens is 272 g/mol. The summed E-state index contributed by atoms with van der Waals surface area (Å²) < 4.78 is 5.15. The Morgan fingerprint density at radius 2 is 2.10 bits per heavy atom. The van der Waals surface area contributed by atoms with Crippen LogP contribution in [0.3, 0.4) is 0 Å². The number of nitrogens with one attached hydrogen (secondary N) is 1. The van der Waals surface area contributed by atoms with Crippen LogP contribution in [0, 0.1) is 23.2 Å². The zero-order chi connectivity index (χ0) is 15.4. The second-order valence-electron chi connectivity index (χ2n) is 5.06. The molecule has 2 rings (SSSR count). The number of methoxy groups -OCH3 is 1. The Morgan fingerprint density at radius 1 is 1.38 bits per heavy atom. The van der Waals surface area contributed by atoms with Crippen molar-refractivity contribution in [1.82, 2.24) is 0 Å². The first-order valence-electron chi connectivity index (χ1n) is 6.67. The van der Waals surface area contributed by atoms with Gasteiger partial charge in [-0.3, -0.25) is 9.59 Å². The van der Waals surface area contributed by atoms with Crippen LogP contribution in [0.2, 0.25) is 0 Å². The summed E-state index contributed by atoms with van der Waals surface area (Å²) in [6, 6.07) is 6.74. The van der Waals surface area contributed by atoms with E-state index in [4.69, 9.17) is 15.1 Å². The molecule has 1 aliphatic carbocycles. The Morgan fingerprint density at radius 3 is 2.67 bits per heavy atom. The highest BCUT2D eigenvalue weighted by Gasteiger charge is 2.34. The molecule has 1 aliphatic rings. The van der Waals surface area contributed by atoms with Crippen molar-refractivity contribution in [3.05, 3.63) is 23.8 Å². The molecule has 2 N–H and O–H groups in total. The first-order valence-corrected chi connectivity index (χ1v) is 6.67. The van der Waals surface area contributed by atoms with Crippen LogP contribution in [0.4, 0.5) is 5.69 Å². The third kappa shape index (κ3) is 3.31. The summed E-state index contributed by atoms with van der Waals surface area (Å²) in [6.45, 7) is 0. The predicted molar refractivity (Wildman–Crippen MR) is 74.8 cm³/mol. The van der Waals surface area contributed by atoms with Gasteiger partial charge in [0.2, 0.25) is 5.91 Å². The van der Waals surface area contributed by atoms with E-state index in [1.165, 1.54) is 7.11 Å². The zero-order valence-corrected chi connectivity index (χ0v) is 11.6. The normalized spacial score (nSPS) is 20.6. The number of anilines is 1. The van der Waals surface area contributed by atoms with E-state index in [2.05, 4.69) is 5.32 Å². The lowest BCUT2D eigenvalue weighted by molar-refractivity contribution is -0.141. The first kappa shape index (κ1) is 14.9.